The summed E-state index contributed by atoms with van der Waals surface area (Å²) in [4.78, 5) is 36.2. The molecular weight excluding hydrogens is 248 g/mol. The van der Waals surface area contributed by atoms with Crippen LogP contribution in [0.5, 0.6) is 0 Å². The highest BCUT2D eigenvalue weighted by Crippen LogP contribution is 2.13. The number of aromatic nitrogens is 2. The third-order valence-corrected chi connectivity index (χ3v) is 2.68. The summed E-state index contributed by atoms with van der Waals surface area (Å²) in [6.07, 6.45) is 1.37. The number of hydrogen-bond donors (Lipinski definition) is 1. The summed E-state index contributed by atoms with van der Waals surface area (Å²) in [6.45, 7) is -0.119. The van der Waals surface area contributed by atoms with Crippen LogP contribution in [-0.2, 0) is 20.9 Å². The molecule has 0 aromatic carbocycles. The lowest BCUT2D eigenvalue weighted by Gasteiger charge is -2.08. The maximum absolute atomic E-state index is 11.1. The zero-order valence-electron chi connectivity index (χ0n) is 8.95. The van der Waals surface area contributed by atoms with E-state index in [-0.39, 0.29) is 17.5 Å². The minimum atomic E-state index is -1.03. The molecule has 17 heavy (non-hydrogen) atoms. The molecule has 0 bridgehead atoms. The number of aliphatic carboxylic acids is 1. The van der Waals surface area contributed by atoms with Crippen LogP contribution >= 0.6 is 11.8 Å². The van der Waals surface area contributed by atoms with Gasteiger partial charge in [0, 0.05) is 12.3 Å². The topological polar surface area (TPSA) is 98.5 Å². The third-order valence-electron chi connectivity index (χ3n) is 1.70. The number of ether oxygens (including phenoxy) is 1. The molecule has 0 saturated carbocycles. The Morgan fingerprint density at radius 3 is 2.88 bits per heavy atom. The molecule has 0 fully saturated rings. The fourth-order valence-electron chi connectivity index (χ4n) is 0.979. The zero-order chi connectivity index (χ0) is 12.8. The number of hydrogen-bond acceptors (Lipinski definition) is 6. The zero-order valence-corrected chi connectivity index (χ0v) is 9.77. The van der Waals surface area contributed by atoms with Gasteiger partial charge in [0.05, 0.1) is 12.9 Å². The molecule has 0 amide bonds. The molecule has 0 aliphatic heterocycles. The van der Waals surface area contributed by atoms with Crippen LogP contribution in [0.25, 0.3) is 0 Å². The minimum Gasteiger partial charge on any atom is -0.481 e. The molecule has 0 spiro atoms. The SMILES string of the molecule is COC(=O)Cn1ccc(=O)nc1SCC(=O)O. The van der Waals surface area contributed by atoms with E-state index in [1.54, 1.807) is 0 Å². The second-order valence-electron chi connectivity index (χ2n) is 2.93. The van der Waals surface area contributed by atoms with Crippen LogP contribution < -0.4 is 5.56 Å². The number of esters is 1. The Morgan fingerprint density at radius 2 is 2.29 bits per heavy atom. The van der Waals surface area contributed by atoms with Gasteiger partial charge >= 0.3 is 11.9 Å². The Balaban J connectivity index is 2.91. The second kappa shape index (κ2) is 6.04. The van der Waals surface area contributed by atoms with E-state index in [2.05, 4.69) is 9.72 Å². The molecular formula is C9H10N2O5S. The van der Waals surface area contributed by atoms with Gasteiger partial charge in [0.25, 0.3) is 5.56 Å². The first-order valence-electron chi connectivity index (χ1n) is 4.52. The number of thioether (sulfide) groups is 1. The van der Waals surface area contributed by atoms with Gasteiger partial charge in [-0.25, -0.2) is 0 Å². The van der Waals surface area contributed by atoms with E-state index in [1.807, 2.05) is 0 Å². The monoisotopic (exact) mass is 258 g/mol. The number of nitrogens with zero attached hydrogens (tertiary/aromatic N) is 2. The van der Waals surface area contributed by atoms with Gasteiger partial charge in [-0.2, -0.15) is 4.98 Å². The molecule has 1 heterocycles. The van der Waals surface area contributed by atoms with Crippen molar-refractivity contribution in [2.75, 3.05) is 12.9 Å². The minimum absolute atomic E-state index is 0.119. The summed E-state index contributed by atoms with van der Waals surface area (Å²) in [7, 11) is 1.24. The molecule has 8 heteroatoms. The third kappa shape index (κ3) is 4.27. The first-order chi connectivity index (χ1) is 8.02. The van der Waals surface area contributed by atoms with E-state index >= 15 is 0 Å². The van der Waals surface area contributed by atoms with Crippen molar-refractivity contribution in [1.29, 1.82) is 0 Å². The van der Waals surface area contributed by atoms with Crippen LogP contribution in [0.2, 0.25) is 0 Å². The van der Waals surface area contributed by atoms with Crippen molar-refractivity contribution in [3.05, 3.63) is 22.6 Å². The van der Waals surface area contributed by atoms with Crippen LogP contribution in [0.1, 0.15) is 0 Å². The molecule has 1 aromatic rings. The largest absolute Gasteiger partial charge is 0.481 e. The Morgan fingerprint density at radius 1 is 1.59 bits per heavy atom. The van der Waals surface area contributed by atoms with E-state index in [1.165, 1.54) is 23.9 Å². The predicted octanol–water partition coefficient (Wildman–Crippen LogP) is -0.407. The van der Waals surface area contributed by atoms with E-state index in [9.17, 15) is 14.4 Å². The number of rotatable bonds is 5. The average Bonchev–Trinajstić information content (AvgIpc) is 2.29. The van der Waals surface area contributed by atoms with Crippen LogP contribution in [0, 0.1) is 0 Å². The van der Waals surface area contributed by atoms with Crippen LogP contribution in [0.3, 0.4) is 0 Å². The first kappa shape index (κ1) is 13.2. The van der Waals surface area contributed by atoms with Crippen molar-refractivity contribution in [2.45, 2.75) is 11.7 Å². The molecule has 1 N–H and O–H groups in total. The van der Waals surface area contributed by atoms with Crippen LogP contribution in [0.4, 0.5) is 0 Å². The molecule has 0 radical (unpaired) electrons. The van der Waals surface area contributed by atoms with Gasteiger partial charge in [-0.05, 0) is 0 Å². The molecule has 1 rings (SSSR count). The summed E-state index contributed by atoms with van der Waals surface area (Å²) in [5.41, 5.74) is -0.487. The van der Waals surface area contributed by atoms with Crippen molar-refractivity contribution in [3.63, 3.8) is 0 Å². The smallest absolute Gasteiger partial charge is 0.325 e. The summed E-state index contributed by atoms with van der Waals surface area (Å²) >= 11 is 0.866. The molecule has 0 atom stereocenters. The van der Waals surface area contributed by atoms with E-state index in [0.29, 0.717) is 0 Å². The molecule has 1 aromatic heterocycles. The number of carboxylic acids is 1. The van der Waals surface area contributed by atoms with Gasteiger partial charge in [-0.15, -0.1) is 0 Å². The Labute approximate surface area is 100 Å². The summed E-state index contributed by atoms with van der Waals surface area (Å²) in [6, 6.07) is 1.19. The summed E-state index contributed by atoms with van der Waals surface area (Å²) in [5, 5.41) is 8.71. The van der Waals surface area contributed by atoms with Gasteiger partial charge in [-0.3, -0.25) is 14.4 Å². The van der Waals surface area contributed by atoms with Crippen molar-refractivity contribution < 1.29 is 19.4 Å². The lowest BCUT2D eigenvalue weighted by atomic mass is 10.6. The molecule has 0 aliphatic carbocycles. The number of carbonyl (C=O) groups is 2. The standard InChI is InChI=1S/C9H10N2O5S/c1-16-8(15)4-11-3-2-6(12)10-9(11)17-5-7(13)14/h2-3H,4-5H2,1H3,(H,13,14). The fraction of sp³-hybridized carbons (Fsp3) is 0.333. The first-order valence-corrected chi connectivity index (χ1v) is 5.50. The Hall–Kier alpha value is -1.83. The Kier molecular flexibility index (Phi) is 4.70. The average molecular weight is 258 g/mol. The van der Waals surface area contributed by atoms with Crippen molar-refractivity contribution >= 4 is 23.7 Å². The normalized spacial score (nSPS) is 9.94. The van der Waals surface area contributed by atoms with Crippen molar-refractivity contribution in [2.24, 2.45) is 0 Å². The number of carboxylic acid groups (broad SMARTS) is 1. The quantitative estimate of drug-likeness (QED) is 0.435. The van der Waals surface area contributed by atoms with Gasteiger partial charge in [-0.1, -0.05) is 11.8 Å². The van der Waals surface area contributed by atoms with Gasteiger partial charge in [0.1, 0.15) is 6.54 Å². The molecule has 0 aliphatic rings. The van der Waals surface area contributed by atoms with Crippen molar-refractivity contribution in [1.82, 2.24) is 9.55 Å². The number of carbonyl (C=O) groups excluding carboxylic acids is 1. The molecule has 92 valence electrons. The molecule has 7 nitrogen and oxygen atoms in total. The summed E-state index contributed by atoms with van der Waals surface area (Å²) < 4.78 is 5.84. The lowest BCUT2D eigenvalue weighted by molar-refractivity contribution is -0.141. The Bertz CT molecular complexity index is 485. The van der Waals surface area contributed by atoms with Gasteiger partial charge in [0.15, 0.2) is 5.16 Å². The van der Waals surface area contributed by atoms with E-state index < -0.39 is 17.5 Å². The lowest BCUT2D eigenvalue weighted by Crippen LogP contribution is -2.19. The molecule has 0 saturated heterocycles. The van der Waals surface area contributed by atoms with E-state index in [0.717, 1.165) is 11.8 Å². The fourth-order valence-corrected chi connectivity index (χ4v) is 1.68. The molecule has 0 unspecified atom stereocenters. The van der Waals surface area contributed by atoms with Gasteiger partial charge in [0.2, 0.25) is 0 Å². The van der Waals surface area contributed by atoms with Crippen LogP contribution in [0.15, 0.2) is 22.2 Å². The van der Waals surface area contributed by atoms with Gasteiger partial charge < -0.3 is 14.4 Å². The highest BCUT2D eigenvalue weighted by Gasteiger charge is 2.09. The second-order valence-corrected chi connectivity index (χ2v) is 3.88. The maximum atomic E-state index is 11.1. The van der Waals surface area contributed by atoms with E-state index in [4.69, 9.17) is 5.11 Å². The maximum Gasteiger partial charge on any atom is 0.325 e. The van der Waals surface area contributed by atoms with Crippen LogP contribution in [-0.4, -0.2) is 39.5 Å². The van der Waals surface area contributed by atoms with Crippen molar-refractivity contribution in [3.8, 4) is 0 Å². The highest BCUT2D eigenvalue weighted by atomic mass is 32.2. The predicted molar refractivity (Wildman–Crippen MR) is 58.9 cm³/mol. The number of methoxy groups -OCH3 is 1. The highest BCUT2D eigenvalue weighted by molar-refractivity contribution is 7.99. The summed E-state index contributed by atoms with van der Waals surface area (Å²) in [5.74, 6) is -1.78.